The maximum absolute atomic E-state index is 12.9. The summed E-state index contributed by atoms with van der Waals surface area (Å²) in [6.45, 7) is 0. The molecule has 3 aromatic carbocycles. The number of hydrogen-bond donors (Lipinski definition) is 2. The largest absolute Gasteiger partial charge is 0.497 e. The summed E-state index contributed by atoms with van der Waals surface area (Å²) in [5.41, 5.74) is 0.232. The van der Waals surface area contributed by atoms with Crippen LogP contribution in [0.25, 0.3) is 0 Å². The molecular formula is C21H19N3O7S. The van der Waals surface area contributed by atoms with Crippen molar-refractivity contribution in [2.45, 2.75) is 4.90 Å². The molecule has 1 amide bonds. The number of carbonyl (C=O) groups excluding carboxylic acids is 1. The second-order valence-electron chi connectivity index (χ2n) is 6.42. The lowest BCUT2D eigenvalue weighted by Gasteiger charge is -2.14. The summed E-state index contributed by atoms with van der Waals surface area (Å²) in [6.07, 6.45) is 0. The van der Waals surface area contributed by atoms with E-state index < -0.39 is 20.9 Å². The van der Waals surface area contributed by atoms with E-state index in [0.29, 0.717) is 17.2 Å². The van der Waals surface area contributed by atoms with Gasteiger partial charge < -0.3 is 14.8 Å². The topological polar surface area (TPSA) is 137 Å². The fourth-order valence-electron chi connectivity index (χ4n) is 2.81. The van der Waals surface area contributed by atoms with Gasteiger partial charge in [0.2, 0.25) is 0 Å². The molecule has 0 fully saturated rings. The number of hydrogen-bond acceptors (Lipinski definition) is 7. The first kappa shape index (κ1) is 22.6. The first-order valence-corrected chi connectivity index (χ1v) is 10.6. The number of anilines is 2. The first-order chi connectivity index (χ1) is 15.2. The zero-order valence-corrected chi connectivity index (χ0v) is 17.9. The Labute approximate surface area is 184 Å². The number of rotatable bonds is 8. The van der Waals surface area contributed by atoms with E-state index in [9.17, 15) is 23.3 Å². The van der Waals surface area contributed by atoms with Crippen LogP contribution in [0.4, 0.5) is 17.1 Å². The highest BCUT2D eigenvalue weighted by molar-refractivity contribution is 7.92. The van der Waals surface area contributed by atoms with Crippen molar-refractivity contribution < 1.29 is 27.6 Å². The molecule has 3 aromatic rings. The lowest BCUT2D eigenvalue weighted by molar-refractivity contribution is -0.384. The van der Waals surface area contributed by atoms with E-state index in [-0.39, 0.29) is 21.8 Å². The van der Waals surface area contributed by atoms with Crippen LogP contribution < -0.4 is 19.5 Å². The smallest absolute Gasteiger partial charge is 0.269 e. The summed E-state index contributed by atoms with van der Waals surface area (Å²) in [4.78, 5) is 22.9. The van der Waals surface area contributed by atoms with E-state index in [2.05, 4.69) is 10.0 Å². The monoisotopic (exact) mass is 457 g/mol. The minimum atomic E-state index is -4.10. The first-order valence-electron chi connectivity index (χ1n) is 9.15. The zero-order valence-electron chi connectivity index (χ0n) is 17.1. The molecule has 0 saturated carbocycles. The van der Waals surface area contributed by atoms with Gasteiger partial charge >= 0.3 is 0 Å². The van der Waals surface area contributed by atoms with Crippen LogP contribution in [0.15, 0.2) is 71.6 Å². The number of carbonyl (C=O) groups is 1. The van der Waals surface area contributed by atoms with Crippen molar-refractivity contribution in [3.63, 3.8) is 0 Å². The summed E-state index contributed by atoms with van der Waals surface area (Å²) < 4.78 is 38.2. The molecule has 0 heterocycles. The number of benzene rings is 3. The van der Waals surface area contributed by atoms with Crippen LogP contribution in [0.5, 0.6) is 11.5 Å². The van der Waals surface area contributed by atoms with E-state index in [1.807, 2.05) is 0 Å². The van der Waals surface area contributed by atoms with Gasteiger partial charge in [0.1, 0.15) is 11.5 Å². The van der Waals surface area contributed by atoms with Crippen molar-refractivity contribution in [1.29, 1.82) is 0 Å². The number of sulfonamides is 1. The fraction of sp³-hybridized carbons (Fsp3) is 0.0952. The van der Waals surface area contributed by atoms with Gasteiger partial charge in [-0.3, -0.25) is 19.6 Å². The van der Waals surface area contributed by atoms with E-state index in [4.69, 9.17) is 9.47 Å². The van der Waals surface area contributed by atoms with Crippen LogP contribution in [-0.2, 0) is 10.0 Å². The molecule has 0 aliphatic heterocycles. The zero-order chi connectivity index (χ0) is 23.3. The summed E-state index contributed by atoms with van der Waals surface area (Å²) in [7, 11) is -1.16. The van der Waals surface area contributed by atoms with Crippen LogP contribution in [0, 0.1) is 10.1 Å². The molecule has 2 N–H and O–H groups in total. The van der Waals surface area contributed by atoms with Gasteiger partial charge in [0.15, 0.2) is 0 Å². The Morgan fingerprint density at radius 1 is 0.938 bits per heavy atom. The Morgan fingerprint density at radius 2 is 1.62 bits per heavy atom. The van der Waals surface area contributed by atoms with Gasteiger partial charge in [0, 0.05) is 18.2 Å². The van der Waals surface area contributed by atoms with Crippen molar-refractivity contribution in [3.05, 3.63) is 82.4 Å². The summed E-state index contributed by atoms with van der Waals surface area (Å²) in [5.74, 6) is 0.327. The van der Waals surface area contributed by atoms with E-state index in [1.165, 1.54) is 26.4 Å². The van der Waals surface area contributed by atoms with Crippen LogP contribution in [0.2, 0.25) is 0 Å². The molecule has 0 aliphatic rings. The number of nitro benzene ring substituents is 1. The average Bonchev–Trinajstić information content (AvgIpc) is 2.79. The highest BCUT2D eigenvalue weighted by Gasteiger charge is 2.20. The predicted molar refractivity (Wildman–Crippen MR) is 118 cm³/mol. The molecule has 0 radical (unpaired) electrons. The third-order valence-electron chi connectivity index (χ3n) is 4.43. The number of nitrogens with one attached hydrogen (secondary N) is 2. The van der Waals surface area contributed by atoms with Gasteiger partial charge in [-0.1, -0.05) is 12.1 Å². The molecule has 11 heteroatoms. The SMILES string of the molecule is COc1ccc(NC(=O)c2ccccc2NS(=O)(=O)c2ccc([N+](=O)[O-])cc2)c(OC)c1. The third kappa shape index (κ3) is 4.95. The molecular weight excluding hydrogens is 438 g/mol. The summed E-state index contributed by atoms with van der Waals surface area (Å²) in [5, 5.41) is 13.5. The molecule has 0 aliphatic carbocycles. The highest BCUT2D eigenvalue weighted by Crippen LogP contribution is 2.30. The number of nitrogens with zero attached hydrogens (tertiary/aromatic N) is 1. The highest BCUT2D eigenvalue weighted by atomic mass is 32.2. The lowest BCUT2D eigenvalue weighted by atomic mass is 10.1. The van der Waals surface area contributed by atoms with Crippen molar-refractivity contribution in [2.75, 3.05) is 24.3 Å². The van der Waals surface area contributed by atoms with E-state index >= 15 is 0 Å². The average molecular weight is 457 g/mol. The minimum absolute atomic E-state index is 0.0378. The number of para-hydroxylation sites is 1. The van der Waals surface area contributed by atoms with E-state index in [0.717, 1.165) is 24.3 Å². The number of amides is 1. The van der Waals surface area contributed by atoms with Crippen molar-refractivity contribution in [2.24, 2.45) is 0 Å². The van der Waals surface area contributed by atoms with Gasteiger partial charge in [-0.25, -0.2) is 8.42 Å². The van der Waals surface area contributed by atoms with Gasteiger partial charge in [-0.2, -0.15) is 0 Å². The Hall–Kier alpha value is -4.12. The predicted octanol–water partition coefficient (Wildman–Crippen LogP) is 3.67. The molecule has 0 atom stereocenters. The van der Waals surface area contributed by atoms with Gasteiger partial charge in [-0.15, -0.1) is 0 Å². The van der Waals surface area contributed by atoms with Crippen molar-refractivity contribution in [3.8, 4) is 11.5 Å². The van der Waals surface area contributed by atoms with Gasteiger partial charge in [0.25, 0.3) is 21.6 Å². The molecule has 3 rings (SSSR count). The molecule has 0 aromatic heterocycles. The normalized spacial score (nSPS) is 10.8. The number of nitro groups is 1. The van der Waals surface area contributed by atoms with E-state index in [1.54, 1.807) is 30.3 Å². The Morgan fingerprint density at radius 3 is 2.25 bits per heavy atom. The van der Waals surface area contributed by atoms with Crippen LogP contribution >= 0.6 is 0 Å². The second-order valence-corrected chi connectivity index (χ2v) is 8.10. The van der Waals surface area contributed by atoms with Gasteiger partial charge in [-0.05, 0) is 36.4 Å². The molecule has 32 heavy (non-hydrogen) atoms. The maximum atomic E-state index is 12.9. The van der Waals surface area contributed by atoms with Gasteiger partial charge in [0.05, 0.1) is 41.0 Å². The minimum Gasteiger partial charge on any atom is -0.497 e. The molecule has 0 saturated heterocycles. The number of non-ortho nitro benzene ring substituents is 1. The molecule has 0 unspecified atom stereocenters. The Balaban J connectivity index is 1.87. The molecule has 10 nitrogen and oxygen atoms in total. The Kier molecular flexibility index (Phi) is 6.59. The molecule has 0 bridgehead atoms. The van der Waals surface area contributed by atoms with Crippen LogP contribution in [0.1, 0.15) is 10.4 Å². The molecule has 0 spiro atoms. The standard InChI is InChI=1S/C21H19N3O7S/c1-30-15-9-12-19(20(13-15)31-2)22-21(25)17-5-3-4-6-18(17)23-32(28,29)16-10-7-14(8-11-16)24(26)27/h3-13,23H,1-2H3,(H,22,25). The van der Waals surface area contributed by atoms with Crippen LogP contribution in [0.3, 0.4) is 0 Å². The molecule has 166 valence electrons. The lowest BCUT2D eigenvalue weighted by Crippen LogP contribution is -2.19. The van der Waals surface area contributed by atoms with Crippen molar-refractivity contribution >= 4 is 33.0 Å². The quantitative estimate of drug-likeness (QED) is 0.389. The summed E-state index contributed by atoms with van der Waals surface area (Å²) in [6, 6.07) is 15.3. The number of ether oxygens (including phenoxy) is 2. The summed E-state index contributed by atoms with van der Waals surface area (Å²) >= 11 is 0. The second kappa shape index (κ2) is 9.35. The fourth-order valence-corrected chi connectivity index (χ4v) is 3.89. The third-order valence-corrected chi connectivity index (χ3v) is 5.81. The Bertz CT molecular complexity index is 1260. The van der Waals surface area contributed by atoms with Crippen molar-refractivity contribution in [1.82, 2.24) is 0 Å². The number of methoxy groups -OCH3 is 2. The van der Waals surface area contributed by atoms with Crippen LogP contribution in [-0.4, -0.2) is 33.5 Å². The maximum Gasteiger partial charge on any atom is 0.269 e.